The first kappa shape index (κ1) is 76.9. The molecule has 19 heteroatoms. The van der Waals surface area contributed by atoms with Gasteiger partial charge in [0, 0.05) is 24.3 Å². The molecule has 0 heterocycles. The number of primary amides is 2. The number of rotatable bonds is 8. The average molecular weight is 984 g/mol. The summed E-state index contributed by atoms with van der Waals surface area (Å²) in [5, 5.41) is 45.7. The van der Waals surface area contributed by atoms with Gasteiger partial charge in [-0.3, -0.25) is 23.7 Å². The van der Waals surface area contributed by atoms with E-state index in [-0.39, 0.29) is 113 Å². The second kappa shape index (κ2) is 39.1. The Bertz CT molecular complexity index is 1410. The van der Waals surface area contributed by atoms with Crippen molar-refractivity contribution in [3.8, 4) is 6.07 Å². The normalized spacial score (nSPS) is 22.3. The van der Waals surface area contributed by atoms with Crippen LogP contribution < -0.4 is 65.6 Å². The molecule has 0 saturated heterocycles. The molecule has 0 bridgehead atoms. The summed E-state index contributed by atoms with van der Waals surface area (Å²) in [4.78, 5) is 60.2. The maximum absolute atomic E-state index is 10.8. The number of aldehydes is 1. The van der Waals surface area contributed by atoms with Crippen molar-refractivity contribution in [1.82, 2.24) is 0 Å². The summed E-state index contributed by atoms with van der Waals surface area (Å²) >= 11 is 0. The fraction of sp³-hybridized carbons (Fsp3) is 0.872. The van der Waals surface area contributed by atoms with E-state index >= 15 is 0 Å². The van der Waals surface area contributed by atoms with Crippen molar-refractivity contribution in [2.75, 3.05) is 6.64 Å². The molecule has 0 aromatic carbocycles. The largest absolute Gasteiger partial charge is 1.00 e. The molecule has 66 heavy (non-hydrogen) atoms. The molecule has 5 aliphatic carbocycles. The van der Waals surface area contributed by atoms with Gasteiger partial charge in [0.1, 0.15) is 24.6 Å². The number of hydrogen-bond donors (Lipinski definition) is 8. The van der Waals surface area contributed by atoms with Gasteiger partial charge in [-0.2, -0.15) is 5.26 Å². The first-order chi connectivity index (χ1) is 28.4. The van der Waals surface area contributed by atoms with Crippen LogP contribution in [0.15, 0.2) is 0 Å². The van der Waals surface area contributed by atoms with E-state index in [9.17, 15) is 43.9 Å². The van der Waals surface area contributed by atoms with Crippen molar-refractivity contribution in [2.45, 2.75) is 234 Å². The molecule has 5 fully saturated rings. The molecule has 0 aliphatic heterocycles. The Morgan fingerprint density at radius 2 is 0.985 bits per heavy atom. The van der Waals surface area contributed by atoms with Crippen molar-refractivity contribution in [3.05, 3.63) is 0 Å². The van der Waals surface area contributed by atoms with E-state index < -0.39 is 61.1 Å². The number of aliphatic hydroxyl groups excluding tert-OH is 3. The third-order valence-electron chi connectivity index (χ3n) is 13.2. The van der Waals surface area contributed by atoms with E-state index in [0.29, 0.717) is 12.8 Å². The molecule has 0 aromatic rings. The summed E-state index contributed by atoms with van der Waals surface area (Å²) < 4.78 is 16.2. The summed E-state index contributed by atoms with van der Waals surface area (Å²) in [5.41, 5.74) is 14.4. The third kappa shape index (κ3) is 30.9. The van der Waals surface area contributed by atoms with Crippen LogP contribution in [0.2, 0.25) is 0 Å². The van der Waals surface area contributed by atoms with Crippen LogP contribution in [-0.4, -0.2) is 103 Å². The van der Waals surface area contributed by atoms with Gasteiger partial charge in [-0.15, -0.1) is 0 Å². The van der Waals surface area contributed by atoms with E-state index in [1.807, 2.05) is 26.8 Å². The van der Waals surface area contributed by atoms with E-state index in [0.717, 1.165) is 115 Å². The summed E-state index contributed by atoms with van der Waals surface area (Å²) in [6, 6.07) is 1.85. The number of nitrogens with two attached hydrogens (primary N) is 3. The fourth-order valence-electron chi connectivity index (χ4n) is 8.56. The topological polar surface area (TPSA) is 305 Å². The van der Waals surface area contributed by atoms with Crippen LogP contribution in [0, 0.1) is 33.0 Å². The zero-order chi connectivity index (χ0) is 47.0. The van der Waals surface area contributed by atoms with Gasteiger partial charge < -0.3 is 50.2 Å². The number of nitriles is 1. The van der Waals surface area contributed by atoms with Gasteiger partial charge in [0.15, 0.2) is 17.4 Å². The van der Waals surface area contributed by atoms with Gasteiger partial charge in [-0.1, -0.05) is 139 Å². The Hall–Kier alpha value is -0.600. The smallest absolute Gasteiger partial charge is 1.00 e. The number of aliphatic carboxylic acids is 1. The molecule has 0 radical (unpaired) electrons. The van der Waals surface area contributed by atoms with Gasteiger partial charge in [-0.25, -0.2) is 0 Å². The Morgan fingerprint density at radius 1 is 0.667 bits per heavy atom. The van der Waals surface area contributed by atoms with E-state index in [2.05, 4.69) is 6.92 Å². The van der Waals surface area contributed by atoms with Gasteiger partial charge in [0.25, 0.3) is 7.37 Å². The molecule has 382 valence electrons. The monoisotopic (exact) mass is 984 g/mol. The number of carbonyl (C=O) groups is 5. The van der Waals surface area contributed by atoms with Crippen LogP contribution in [0.4, 0.5) is 0 Å². The first-order valence-electron chi connectivity index (χ1n) is 22.6. The van der Waals surface area contributed by atoms with E-state index in [1.54, 1.807) is 0 Å². The minimum Gasteiger partial charge on any atom is -1.00 e. The Kier molecular flexibility index (Phi) is 45.5. The molecule has 2 amide bonds. The summed E-state index contributed by atoms with van der Waals surface area (Å²) in [6.45, 7) is 7.17. The van der Waals surface area contributed by atoms with Crippen molar-refractivity contribution < 1.29 is 106 Å². The van der Waals surface area contributed by atoms with Crippen LogP contribution in [0.5, 0.6) is 0 Å². The standard InChI is InChI=1S/C9H17NO2.C9H15NO.C8H16N2O2.C8H14O2.C8H14O.C2H5O3P.3CH4.Al.Li.Na.5H/c1-9(7(11)8(10)12)5-3-2-4-6-9;1-9(8(11)7-10)5-3-2-4-6-9;9-7(12)6(11)8(10)4-2-1-3-5-8;1-8(7(9)10)5-3-2-4-6-8;1-8(7-9)5-3-2-4-6-8;1-6(4,5)2-3;;;;;;;;;;;/h7,11H,2-6H2,1H3,(H2,10,12);8,11H,2-6H2,1H3;6,11H,1-5,10H2,(H2,9,12);2-6H2,1H3,(H,9,10);7H,2-6H2,1H3;2H,1H3,(H,4,5);3*1H4;;;;;;;;/q;;;;;;;;;;2*+1;;;;2*-1/i;;;;;1D;;;;;;;;;;;. The molecule has 15 nitrogen and oxygen atoms in total. The Labute approximate surface area is 449 Å². The molecule has 4 atom stereocenters. The summed E-state index contributed by atoms with van der Waals surface area (Å²) in [7, 11) is -3.67. The van der Waals surface area contributed by atoms with Crippen LogP contribution in [-0.2, 0) is 28.5 Å². The minimum atomic E-state index is -3.67. The molecule has 5 saturated carbocycles. The predicted molar refractivity (Wildman–Crippen MR) is 265 cm³/mol. The van der Waals surface area contributed by atoms with Crippen molar-refractivity contribution >= 4 is 54.8 Å². The van der Waals surface area contributed by atoms with Crippen molar-refractivity contribution in [1.29, 1.82) is 5.26 Å². The molecule has 4 unspecified atom stereocenters. The fourth-order valence-corrected chi connectivity index (χ4v) is 8.56. The predicted octanol–water partition coefficient (Wildman–Crippen LogP) is 1.37. The molecular formula is C47H98AlLiN4NaO11P. The molecule has 11 N–H and O–H groups in total. The molecule has 5 aliphatic rings. The van der Waals surface area contributed by atoms with Gasteiger partial charge in [-0.05, 0) is 71.1 Å². The van der Waals surface area contributed by atoms with Gasteiger partial charge in [0.2, 0.25) is 17.8 Å². The number of aliphatic hydroxyl groups is 3. The second-order valence-electron chi connectivity index (χ2n) is 19.0. The third-order valence-corrected chi connectivity index (χ3v) is 13.5. The van der Waals surface area contributed by atoms with E-state index in [4.69, 9.17) is 33.8 Å². The SMILES string of the molecule is C.C.C.CC1(C(=O)O)CCCCC1.CC1(C(O)C#N)CCCCC1.CC1(C(O)C(N)=O)CCCCC1.CC1(C=O)CCCCC1.NC(=O)C(O)C1(N)CCCCC1.[2H]CP(=O)(O)C=O.[AlH3].[H-].[H-].[Li+].[Na+]. The van der Waals surface area contributed by atoms with Gasteiger partial charge in [0.05, 0.1) is 17.0 Å². The summed E-state index contributed by atoms with van der Waals surface area (Å²) in [5.74, 6) is -1.91. The maximum Gasteiger partial charge on any atom is 1.00 e. The van der Waals surface area contributed by atoms with E-state index in [1.165, 1.54) is 38.5 Å². The average Bonchev–Trinajstić information content (AvgIpc) is 3.25. The number of nitrogens with zero attached hydrogens (tertiary/aromatic N) is 1. The number of hydrogen-bond acceptors (Lipinski definition) is 11. The van der Waals surface area contributed by atoms with Crippen LogP contribution in [0.1, 0.15) is 215 Å². The number of carboxylic acids is 1. The van der Waals surface area contributed by atoms with Crippen molar-refractivity contribution in [2.24, 2.45) is 38.9 Å². The first-order valence-corrected chi connectivity index (χ1v) is 23.8. The maximum atomic E-state index is 10.8. The Morgan fingerprint density at radius 3 is 1.23 bits per heavy atom. The molecule has 5 rings (SSSR count). The van der Waals surface area contributed by atoms with Crippen LogP contribution in [0.3, 0.4) is 0 Å². The molecule has 0 aromatic heterocycles. The molecular weight excluding hydrogens is 884 g/mol. The zero-order valence-electron chi connectivity index (χ0n) is 42.1. The quantitative estimate of drug-likeness (QED) is 0.0739. The number of carbonyl (C=O) groups excluding carboxylic acids is 4. The van der Waals surface area contributed by atoms with Gasteiger partial charge >= 0.3 is 54.4 Å². The van der Waals surface area contributed by atoms with Crippen LogP contribution in [0.25, 0.3) is 0 Å². The summed E-state index contributed by atoms with van der Waals surface area (Å²) in [6.07, 6.45) is 24.6. The van der Waals surface area contributed by atoms with Crippen LogP contribution >= 0.6 is 7.37 Å². The zero-order valence-corrected chi connectivity index (χ0v) is 42.0. The molecule has 0 spiro atoms. The Balaban J connectivity index is -0.0000000880. The number of carboxylic acid groups (broad SMARTS) is 1. The minimum absolute atomic E-state index is 0. The number of amides is 2. The van der Waals surface area contributed by atoms with Crippen molar-refractivity contribution in [3.63, 3.8) is 0 Å². The second-order valence-corrected chi connectivity index (χ2v) is 20.7.